The fourth-order valence-corrected chi connectivity index (χ4v) is 2.09. The standard InChI is InChI=1S/C15H14NO2.BrH/c1-11-6-5-7-12-10-15(18-16(11)12)13-8-3-4-9-14(13)17-2;/h3-10H,1-2H3;1H/q+1;/p-1. The average molecular weight is 320 g/mol. The maximum absolute atomic E-state index is 5.86. The highest BCUT2D eigenvalue weighted by Crippen LogP contribution is 2.29. The molecule has 0 atom stereocenters. The van der Waals surface area contributed by atoms with Crippen molar-refractivity contribution in [1.82, 2.24) is 0 Å². The molecule has 0 bridgehead atoms. The summed E-state index contributed by atoms with van der Waals surface area (Å²) in [6.07, 6.45) is 0. The molecule has 0 unspecified atom stereocenters. The van der Waals surface area contributed by atoms with Crippen molar-refractivity contribution < 1.29 is 30.8 Å². The molecule has 0 aliphatic rings. The van der Waals surface area contributed by atoms with Crippen LogP contribution in [0.4, 0.5) is 0 Å². The van der Waals surface area contributed by atoms with E-state index in [1.165, 1.54) is 0 Å². The Balaban J connectivity index is 0.00000133. The predicted octanol–water partition coefficient (Wildman–Crippen LogP) is 0.00632. The number of benzene rings is 1. The number of methoxy groups -OCH3 is 1. The van der Waals surface area contributed by atoms with Crippen molar-refractivity contribution in [1.29, 1.82) is 0 Å². The largest absolute Gasteiger partial charge is 1.00 e. The molecule has 0 amide bonds. The van der Waals surface area contributed by atoms with Crippen molar-refractivity contribution in [2.24, 2.45) is 0 Å². The van der Waals surface area contributed by atoms with Gasteiger partial charge in [-0.25, -0.2) is 4.52 Å². The first-order valence-corrected chi connectivity index (χ1v) is 5.85. The van der Waals surface area contributed by atoms with Crippen LogP contribution in [0.1, 0.15) is 5.69 Å². The molecule has 2 heterocycles. The number of para-hydroxylation sites is 1. The van der Waals surface area contributed by atoms with E-state index in [-0.39, 0.29) is 17.0 Å². The molecule has 3 nitrogen and oxygen atoms in total. The first-order chi connectivity index (χ1) is 8.79. The van der Waals surface area contributed by atoms with E-state index in [1.807, 2.05) is 60.0 Å². The highest BCUT2D eigenvalue weighted by molar-refractivity contribution is 5.68. The number of aromatic nitrogens is 1. The quantitative estimate of drug-likeness (QED) is 0.622. The van der Waals surface area contributed by atoms with Gasteiger partial charge in [0.05, 0.1) is 18.7 Å². The summed E-state index contributed by atoms with van der Waals surface area (Å²) in [5.74, 6) is 1.62. The number of ether oxygens (including phenoxy) is 1. The van der Waals surface area contributed by atoms with Crippen LogP contribution in [0.5, 0.6) is 5.75 Å². The van der Waals surface area contributed by atoms with Gasteiger partial charge in [0, 0.05) is 23.6 Å². The second-order valence-corrected chi connectivity index (χ2v) is 4.19. The van der Waals surface area contributed by atoms with Crippen molar-refractivity contribution >= 4 is 5.52 Å². The maximum Gasteiger partial charge on any atom is 0.262 e. The summed E-state index contributed by atoms with van der Waals surface area (Å²) < 4.78 is 13.0. The first kappa shape index (κ1) is 13.6. The molecule has 0 aliphatic heterocycles. The van der Waals surface area contributed by atoms with E-state index in [0.717, 1.165) is 28.3 Å². The van der Waals surface area contributed by atoms with E-state index in [4.69, 9.17) is 9.26 Å². The molecule has 0 aliphatic carbocycles. The molecule has 3 aromatic rings. The lowest BCUT2D eigenvalue weighted by Gasteiger charge is -2.02. The highest BCUT2D eigenvalue weighted by atomic mass is 79.9. The SMILES string of the molecule is COc1ccccc1-c1cc2cccc(C)[n+]2o1.[Br-]. The van der Waals surface area contributed by atoms with E-state index in [2.05, 4.69) is 0 Å². The van der Waals surface area contributed by atoms with Gasteiger partial charge in [0.25, 0.3) is 5.52 Å². The Morgan fingerprint density at radius 3 is 2.58 bits per heavy atom. The van der Waals surface area contributed by atoms with Gasteiger partial charge in [-0.15, -0.1) is 0 Å². The monoisotopic (exact) mass is 319 g/mol. The zero-order valence-corrected chi connectivity index (χ0v) is 12.3. The van der Waals surface area contributed by atoms with Crippen molar-refractivity contribution in [3.8, 4) is 17.1 Å². The molecule has 2 aromatic heterocycles. The Hall–Kier alpha value is -1.81. The molecular weight excluding hydrogens is 306 g/mol. The normalized spacial score (nSPS) is 10.2. The Labute approximate surface area is 122 Å². The highest BCUT2D eigenvalue weighted by Gasteiger charge is 2.17. The minimum atomic E-state index is 0. The minimum absolute atomic E-state index is 0. The zero-order valence-electron chi connectivity index (χ0n) is 10.8. The number of nitrogens with zero attached hydrogens (tertiary/aromatic N) is 1. The molecule has 19 heavy (non-hydrogen) atoms. The Kier molecular flexibility index (Phi) is 3.90. The van der Waals surface area contributed by atoms with Crippen molar-refractivity contribution in [2.75, 3.05) is 7.11 Å². The Bertz CT molecular complexity index is 706. The molecular formula is C15H14BrNO2. The summed E-state index contributed by atoms with van der Waals surface area (Å²) in [7, 11) is 1.67. The third-order valence-corrected chi connectivity index (χ3v) is 3.00. The van der Waals surface area contributed by atoms with Crippen LogP contribution in [0.15, 0.2) is 53.1 Å². The van der Waals surface area contributed by atoms with Gasteiger partial charge in [0.2, 0.25) is 11.5 Å². The summed E-state index contributed by atoms with van der Waals surface area (Å²) in [6, 6.07) is 15.9. The minimum Gasteiger partial charge on any atom is -1.00 e. The number of fused-ring (bicyclic) bond motifs is 1. The Morgan fingerprint density at radius 1 is 1.05 bits per heavy atom. The fraction of sp³-hybridized carbons (Fsp3) is 0.133. The van der Waals surface area contributed by atoms with Crippen LogP contribution in [0.2, 0.25) is 0 Å². The number of hydrogen-bond acceptors (Lipinski definition) is 2. The number of rotatable bonds is 2. The van der Waals surface area contributed by atoms with Gasteiger partial charge < -0.3 is 21.7 Å². The fourth-order valence-electron chi connectivity index (χ4n) is 2.09. The summed E-state index contributed by atoms with van der Waals surface area (Å²) in [5, 5.41) is 0. The molecule has 0 radical (unpaired) electrons. The number of aryl methyl sites for hydroxylation is 1. The van der Waals surface area contributed by atoms with Gasteiger partial charge >= 0.3 is 0 Å². The van der Waals surface area contributed by atoms with Crippen LogP contribution in [-0.4, -0.2) is 7.11 Å². The molecule has 0 spiro atoms. The van der Waals surface area contributed by atoms with Gasteiger partial charge in [-0.05, 0) is 18.2 Å². The number of hydrogen-bond donors (Lipinski definition) is 0. The van der Waals surface area contributed by atoms with E-state index in [9.17, 15) is 0 Å². The summed E-state index contributed by atoms with van der Waals surface area (Å²) in [6.45, 7) is 2.02. The maximum atomic E-state index is 5.86. The van der Waals surface area contributed by atoms with Crippen LogP contribution >= 0.6 is 0 Å². The molecule has 0 saturated carbocycles. The zero-order chi connectivity index (χ0) is 12.5. The van der Waals surface area contributed by atoms with E-state index in [0.29, 0.717) is 0 Å². The topological polar surface area (TPSA) is 26.5 Å². The van der Waals surface area contributed by atoms with E-state index < -0.39 is 0 Å². The second kappa shape index (κ2) is 5.45. The van der Waals surface area contributed by atoms with Crippen LogP contribution in [0.25, 0.3) is 16.8 Å². The third-order valence-electron chi connectivity index (χ3n) is 3.00. The Morgan fingerprint density at radius 2 is 1.84 bits per heavy atom. The van der Waals surface area contributed by atoms with Gasteiger partial charge in [0.1, 0.15) is 5.75 Å². The van der Waals surface area contributed by atoms with Crippen LogP contribution in [0.3, 0.4) is 0 Å². The van der Waals surface area contributed by atoms with Crippen LogP contribution in [0, 0.1) is 6.92 Å². The number of halogens is 1. The molecule has 4 heteroatoms. The van der Waals surface area contributed by atoms with Crippen LogP contribution in [-0.2, 0) is 0 Å². The van der Waals surface area contributed by atoms with E-state index in [1.54, 1.807) is 7.11 Å². The smallest absolute Gasteiger partial charge is 0.262 e. The summed E-state index contributed by atoms with van der Waals surface area (Å²) in [5.41, 5.74) is 3.06. The second-order valence-electron chi connectivity index (χ2n) is 4.19. The lowest BCUT2D eigenvalue weighted by Crippen LogP contribution is -3.00. The molecule has 3 rings (SSSR count). The molecule has 98 valence electrons. The van der Waals surface area contributed by atoms with Crippen molar-refractivity contribution in [3.05, 3.63) is 54.2 Å². The van der Waals surface area contributed by atoms with Gasteiger partial charge in [-0.2, -0.15) is 0 Å². The van der Waals surface area contributed by atoms with Gasteiger partial charge in [0.15, 0.2) is 0 Å². The molecule has 0 saturated heterocycles. The summed E-state index contributed by atoms with van der Waals surface area (Å²) in [4.78, 5) is 0. The predicted molar refractivity (Wildman–Crippen MR) is 68.6 cm³/mol. The first-order valence-electron chi connectivity index (χ1n) is 5.85. The van der Waals surface area contributed by atoms with Crippen molar-refractivity contribution in [3.63, 3.8) is 0 Å². The lowest BCUT2D eigenvalue weighted by atomic mass is 10.1. The van der Waals surface area contributed by atoms with Crippen LogP contribution < -0.4 is 26.3 Å². The number of pyridine rings is 1. The summed E-state index contributed by atoms with van der Waals surface area (Å²) >= 11 is 0. The lowest BCUT2D eigenvalue weighted by molar-refractivity contribution is -0.720. The van der Waals surface area contributed by atoms with E-state index >= 15 is 0 Å². The molecule has 0 fully saturated rings. The van der Waals surface area contributed by atoms with Gasteiger partial charge in [-0.1, -0.05) is 12.1 Å². The van der Waals surface area contributed by atoms with Crippen molar-refractivity contribution in [2.45, 2.75) is 6.92 Å². The van der Waals surface area contributed by atoms with Gasteiger partial charge in [-0.3, -0.25) is 0 Å². The third kappa shape index (κ3) is 2.36. The average Bonchev–Trinajstić information content (AvgIpc) is 2.84. The molecule has 0 N–H and O–H groups in total. The molecule has 1 aromatic carbocycles.